The van der Waals surface area contributed by atoms with Crippen molar-refractivity contribution in [1.29, 1.82) is 0 Å². The highest BCUT2D eigenvalue weighted by Crippen LogP contribution is 2.34. The number of halogens is 1. The van der Waals surface area contributed by atoms with Crippen molar-refractivity contribution in [3.8, 4) is 0 Å². The molecule has 9 heteroatoms. The van der Waals surface area contributed by atoms with E-state index in [2.05, 4.69) is 20.9 Å². The summed E-state index contributed by atoms with van der Waals surface area (Å²) in [6.07, 6.45) is 4.87. The first-order chi connectivity index (χ1) is 16.5. The normalized spacial score (nSPS) is 17.8. The van der Waals surface area contributed by atoms with Crippen molar-refractivity contribution >= 4 is 51.8 Å². The number of benzene rings is 1. The first kappa shape index (κ1) is 23.8. The summed E-state index contributed by atoms with van der Waals surface area (Å²) in [4.78, 5) is 42.4. The largest absolute Gasteiger partial charge is 0.449 e. The number of carbonyl (C=O) groups is 3. The number of hydrogen-bond acceptors (Lipinski definition) is 5. The lowest BCUT2D eigenvalue weighted by atomic mass is 9.81. The molecule has 4 rings (SSSR count). The molecule has 1 saturated carbocycles. The fraction of sp³-hybridized carbons (Fsp3) is 0.360. The van der Waals surface area contributed by atoms with Crippen molar-refractivity contribution in [2.45, 2.75) is 39.0 Å². The van der Waals surface area contributed by atoms with Gasteiger partial charge in [0.05, 0.1) is 5.02 Å². The molecule has 2 heterocycles. The molecule has 1 aliphatic rings. The maximum atomic E-state index is 13.1. The van der Waals surface area contributed by atoms with E-state index < -0.39 is 5.91 Å². The minimum atomic E-state index is -0.530. The van der Waals surface area contributed by atoms with E-state index in [1.807, 2.05) is 13.0 Å². The summed E-state index contributed by atoms with van der Waals surface area (Å²) < 4.78 is 5.80. The van der Waals surface area contributed by atoms with E-state index >= 15 is 0 Å². The van der Waals surface area contributed by atoms with Crippen LogP contribution in [0.4, 0.5) is 11.5 Å². The van der Waals surface area contributed by atoms with Gasteiger partial charge in [0.25, 0.3) is 5.91 Å². The minimum Gasteiger partial charge on any atom is -0.449 e. The van der Waals surface area contributed by atoms with Crippen LogP contribution in [0.15, 0.2) is 47.0 Å². The Hall–Kier alpha value is -3.39. The van der Waals surface area contributed by atoms with Crippen LogP contribution in [-0.2, 0) is 9.59 Å². The molecule has 34 heavy (non-hydrogen) atoms. The number of hydrogen-bond donors (Lipinski definition) is 3. The number of carbonyl (C=O) groups excluding carboxylic acids is 3. The van der Waals surface area contributed by atoms with Crippen molar-refractivity contribution in [3.05, 3.63) is 53.4 Å². The second kappa shape index (κ2) is 10.7. The van der Waals surface area contributed by atoms with Crippen LogP contribution < -0.4 is 16.0 Å². The average Bonchev–Trinajstić information content (AvgIpc) is 3.22. The molecular formula is C25H27ClN4O4. The van der Waals surface area contributed by atoms with Gasteiger partial charge in [0.1, 0.15) is 17.1 Å². The molecule has 0 radical (unpaired) electrons. The third-order valence-electron chi connectivity index (χ3n) is 6.04. The third-order valence-corrected chi connectivity index (χ3v) is 6.26. The highest BCUT2D eigenvalue weighted by atomic mass is 35.5. The molecule has 2 aromatic heterocycles. The second-order valence-electron chi connectivity index (χ2n) is 8.45. The highest BCUT2D eigenvalue weighted by Gasteiger charge is 2.31. The summed E-state index contributed by atoms with van der Waals surface area (Å²) in [5, 5.41) is 9.62. The summed E-state index contributed by atoms with van der Waals surface area (Å²) in [7, 11) is 0. The van der Waals surface area contributed by atoms with Crippen LogP contribution >= 0.6 is 11.6 Å². The van der Waals surface area contributed by atoms with Crippen LogP contribution in [0.1, 0.15) is 49.6 Å². The van der Waals surface area contributed by atoms with Gasteiger partial charge in [-0.2, -0.15) is 0 Å². The summed E-state index contributed by atoms with van der Waals surface area (Å²) in [6, 6.07) is 10.3. The predicted molar refractivity (Wildman–Crippen MR) is 131 cm³/mol. The zero-order chi connectivity index (χ0) is 24.1. The first-order valence-corrected chi connectivity index (χ1v) is 11.9. The molecule has 0 unspecified atom stereocenters. The Morgan fingerprint density at radius 3 is 2.38 bits per heavy atom. The second-order valence-corrected chi connectivity index (χ2v) is 8.88. The number of amides is 3. The highest BCUT2D eigenvalue weighted by molar-refractivity contribution is 6.30. The SMILES string of the molecule is CCCNC(=O)C1CCC(C(=O)Nc2c(C(=O)Nc3ccc(Cl)cn3)oc3ccccc23)CC1. The van der Waals surface area contributed by atoms with Crippen LogP contribution in [0.2, 0.25) is 5.02 Å². The third kappa shape index (κ3) is 5.39. The molecule has 3 N–H and O–H groups in total. The first-order valence-electron chi connectivity index (χ1n) is 11.5. The molecule has 178 valence electrons. The summed E-state index contributed by atoms with van der Waals surface area (Å²) in [5.74, 6) is -0.631. The lowest BCUT2D eigenvalue weighted by Gasteiger charge is -2.27. The van der Waals surface area contributed by atoms with Gasteiger partial charge in [0.15, 0.2) is 0 Å². The van der Waals surface area contributed by atoms with E-state index in [1.165, 1.54) is 6.20 Å². The van der Waals surface area contributed by atoms with Gasteiger partial charge in [-0.15, -0.1) is 0 Å². The number of furan rings is 1. The van der Waals surface area contributed by atoms with Gasteiger partial charge < -0.3 is 20.4 Å². The van der Waals surface area contributed by atoms with Gasteiger partial charge in [-0.05, 0) is 56.4 Å². The predicted octanol–water partition coefficient (Wildman–Crippen LogP) is 5.00. The maximum Gasteiger partial charge on any atom is 0.294 e. The van der Waals surface area contributed by atoms with Crippen LogP contribution in [0.5, 0.6) is 0 Å². The van der Waals surface area contributed by atoms with Crippen molar-refractivity contribution in [2.75, 3.05) is 17.2 Å². The van der Waals surface area contributed by atoms with Crippen molar-refractivity contribution < 1.29 is 18.8 Å². The molecule has 3 aromatic rings. The van der Waals surface area contributed by atoms with E-state index in [4.69, 9.17) is 16.0 Å². The molecule has 0 spiro atoms. The molecule has 1 aromatic carbocycles. The Balaban J connectivity index is 1.48. The number of nitrogens with one attached hydrogen (secondary N) is 3. The lowest BCUT2D eigenvalue weighted by Crippen LogP contribution is -2.35. The molecule has 1 aliphatic carbocycles. The standard InChI is InChI=1S/C25H27ClN4O4/c1-2-13-27-23(31)15-7-9-16(10-8-15)24(32)30-21-18-5-3-4-6-19(18)34-22(21)25(33)29-20-12-11-17(26)14-28-20/h3-6,11-12,14-16H,2,7-10,13H2,1H3,(H,27,31)(H,30,32)(H,28,29,33). The fourth-order valence-corrected chi connectivity index (χ4v) is 4.30. The molecule has 3 amide bonds. The lowest BCUT2D eigenvalue weighted by molar-refractivity contribution is -0.128. The van der Waals surface area contributed by atoms with E-state index in [0.29, 0.717) is 59.7 Å². The minimum absolute atomic E-state index is 0.000991. The summed E-state index contributed by atoms with van der Waals surface area (Å²) >= 11 is 5.86. The number of rotatable bonds is 7. The molecule has 0 saturated heterocycles. The smallest absolute Gasteiger partial charge is 0.294 e. The van der Waals surface area contributed by atoms with Crippen LogP contribution in [0, 0.1) is 11.8 Å². The average molecular weight is 483 g/mol. The van der Waals surface area contributed by atoms with Crippen LogP contribution in [0.25, 0.3) is 11.0 Å². The number of fused-ring (bicyclic) bond motifs is 1. The number of anilines is 2. The molecule has 0 bridgehead atoms. The van der Waals surface area contributed by atoms with E-state index in [-0.39, 0.29) is 29.4 Å². The molecular weight excluding hydrogens is 456 g/mol. The van der Waals surface area contributed by atoms with E-state index in [9.17, 15) is 14.4 Å². The maximum absolute atomic E-state index is 13.1. The van der Waals surface area contributed by atoms with E-state index in [1.54, 1.807) is 30.3 Å². The van der Waals surface area contributed by atoms with E-state index in [0.717, 1.165) is 6.42 Å². The number of nitrogens with zero attached hydrogens (tertiary/aromatic N) is 1. The number of para-hydroxylation sites is 1. The zero-order valence-corrected chi connectivity index (χ0v) is 19.7. The monoisotopic (exact) mass is 482 g/mol. The Morgan fingerprint density at radius 2 is 1.71 bits per heavy atom. The van der Waals surface area contributed by atoms with Crippen molar-refractivity contribution in [3.63, 3.8) is 0 Å². The zero-order valence-electron chi connectivity index (χ0n) is 18.9. The van der Waals surface area contributed by atoms with Gasteiger partial charge >= 0.3 is 0 Å². The molecule has 0 aliphatic heterocycles. The number of pyridine rings is 1. The topological polar surface area (TPSA) is 113 Å². The van der Waals surface area contributed by atoms with Gasteiger partial charge in [-0.25, -0.2) is 4.98 Å². The Labute approximate surface area is 202 Å². The molecule has 1 fully saturated rings. The van der Waals surface area contributed by atoms with Crippen molar-refractivity contribution in [1.82, 2.24) is 10.3 Å². The Morgan fingerprint density at radius 1 is 1.00 bits per heavy atom. The Kier molecular flexibility index (Phi) is 7.47. The summed E-state index contributed by atoms with van der Waals surface area (Å²) in [6.45, 7) is 2.69. The van der Waals surface area contributed by atoms with Gasteiger partial charge in [0, 0.05) is 30.0 Å². The number of aromatic nitrogens is 1. The molecule has 0 atom stereocenters. The molecule has 8 nitrogen and oxygen atoms in total. The van der Waals surface area contributed by atoms with Gasteiger partial charge in [-0.3, -0.25) is 14.4 Å². The fourth-order valence-electron chi connectivity index (χ4n) is 4.19. The van der Waals surface area contributed by atoms with Gasteiger partial charge in [0.2, 0.25) is 17.6 Å². The summed E-state index contributed by atoms with van der Waals surface area (Å²) in [5.41, 5.74) is 0.818. The quantitative estimate of drug-likeness (QED) is 0.438. The van der Waals surface area contributed by atoms with Gasteiger partial charge in [-0.1, -0.05) is 30.7 Å². The van der Waals surface area contributed by atoms with Crippen molar-refractivity contribution in [2.24, 2.45) is 11.8 Å². The van der Waals surface area contributed by atoms with Crippen LogP contribution in [-0.4, -0.2) is 29.3 Å². The Bertz CT molecular complexity index is 1180. The van der Waals surface area contributed by atoms with Crippen LogP contribution in [0.3, 0.4) is 0 Å².